The second kappa shape index (κ2) is 24.1. The zero-order chi connectivity index (χ0) is 38.4. The summed E-state index contributed by atoms with van der Waals surface area (Å²) in [6.45, 7) is 6.94. The molecule has 3 aromatic rings. The van der Waals surface area contributed by atoms with Gasteiger partial charge in [0, 0.05) is 44.8 Å². The molecule has 2 aromatic heterocycles. The fourth-order valence-electron chi connectivity index (χ4n) is 5.99. The molecule has 1 atom stereocenters. The highest BCUT2D eigenvalue weighted by Crippen LogP contribution is 2.28. The molecule has 0 radical (unpaired) electrons. The number of carbonyl (C=O) groups excluding carboxylic acids is 1. The summed E-state index contributed by atoms with van der Waals surface area (Å²) in [5.74, 6) is -2.34. The van der Waals surface area contributed by atoms with Crippen LogP contribution in [-0.4, -0.2) is 140 Å². The molecule has 0 bridgehead atoms. The predicted molar refractivity (Wildman–Crippen MR) is 201 cm³/mol. The predicted octanol–water partition coefficient (Wildman–Crippen LogP) is 3.10. The topological polar surface area (TPSA) is 199 Å². The number of unbranched alkanes of at least 4 members (excludes halogenated alkanes) is 3. The van der Waals surface area contributed by atoms with Gasteiger partial charge < -0.3 is 40.2 Å². The zero-order valence-corrected chi connectivity index (χ0v) is 30.9. The summed E-state index contributed by atoms with van der Waals surface area (Å²) in [7, 11) is 0. The molecule has 54 heavy (non-hydrogen) atoms. The van der Waals surface area contributed by atoms with Gasteiger partial charge in [-0.05, 0) is 61.3 Å². The number of carboxylic acids is 2. The molecule has 1 saturated heterocycles. The maximum atomic E-state index is 12.9. The standard InChI is InChI=1S/C39H54N6O9/c40-15-3-1-2-4-16-41-37(46)31-13-11-30(12-14-31)36(33-8-6-10-35(43-33)39(49)50)45-19-23-53-27-25-51-21-17-44(18-22-52-26-28-54-24-20-45)29-32-7-5-9-34(42-32)38(47)48/h5-14,36H,1-4,15-29,40H2,(H,41,46)(H,47,48)(H,49,50). The summed E-state index contributed by atoms with van der Waals surface area (Å²) in [6.07, 6.45) is 3.92. The Hall–Kier alpha value is -4.35. The fraction of sp³-hybridized carbons (Fsp3) is 0.513. The van der Waals surface area contributed by atoms with Crippen LogP contribution in [0.15, 0.2) is 60.7 Å². The van der Waals surface area contributed by atoms with Crippen LogP contribution < -0.4 is 11.1 Å². The van der Waals surface area contributed by atoms with Crippen LogP contribution in [0.3, 0.4) is 0 Å². The van der Waals surface area contributed by atoms with E-state index in [0.29, 0.717) is 116 Å². The summed E-state index contributed by atoms with van der Waals surface area (Å²) in [4.78, 5) is 49.2. The lowest BCUT2D eigenvalue weighted by Gasteiger charge is -2.32. The number of amides is 1. The largest absolute Gasteiger partial charge is 0.477 e. The van der Waals surface area contributed by atoms with Crippen LogP contribution in [0, 0.1) is 0 Å². The Balaban J connectivity index is 1.41. The average Bonchev–Trinajstić information content (AvgIpc) is 3.17. The highest BCUT2D eigenvalue weighted by molar-refractivity contribution is 5.94. The normalized spacial score (nSPS) is 16.8. The summed E-state index contributed by atoms with van der Waals surface area (Å²) in [5, 5.41) is 22.0. The van der Waals surface area contributed by atoms with Gasteiger partial charge in [-0.25, -0.2) is 19.6 Å². The van der Waals surface area contributed by atoms with Crippen molar-refractivity contribution in [2.45, 2.75) is 38.3 Å². The van der Waals surface area contributed by atoms with E-state index in [4.69, 9.17) is 24.7 Å². The molecule has 1 aliphatic rings. The number of rotatable bonds is 14. The lowest BCUT2D eigenvalue weighted by molar-refractivity contribution is 0.00331. The number of pyridine rings is 2. The molecule has 15 nitrogen and oxygen atoms in total. The van der Waals surface area contributed by atoms with Gasteiger partial charge in [-0.3, -0.25) is 14.6 Å². The van der Waals surface area contributed by atoms with Crippen molar-refractivity contribution >= 4 is 17.8 Å². The van der Waals surface area contributed by atoms with Gasteiger partial charge in [0.2, 0.25) is 0 Å². The molecule has 1 fully saturated rings. The third-order valence-corrected chi connectivity index (χ3v) is 8.85. The Labute approximate surface area is 316 Å². The van der Waals surface area contributed by atoms with Crippen molar-refractivity contribution in [3.8, 4) is 0 Å². The molecule has 3 heterocycles. The van der Waals surface area contributed by atoms with Crippen LogP contribution in [0.5, 0.6) is 0 Å². The minimum atomic E-state index is -1.12. The maximum Gasteiger partial charge on any atom is 0.354 e. The van der Waals surface area contributed by atoms with Gasteiger partial charge in [0.15, 0.2) is 0 Å². The highest BCUT2D eigenvalue weighted by Gasteiger charge is 2.25. The molecule has 4 rings (SSSR count). The number of carbonyl (C=O) groups is 3. The number of nitrogens with zero attached hydrogens (tertiary/aromatic N) is 4. The van der Waals surface area contributed by atoms with Crippen LogP contribution in [-0.2, 0) is 25.5 Å². The molecule has 5 N–H and O–H groups in total. The zero-order valence-electron chi connectivity index (χ0n) is 30.9. The van der Waals surface area contributed by atoms with Crippen LogP contribution in [0.2, 0.25) is 0 Å². The Morgan fingerprint density at radius 3 is 1.83 bits per heavy atom. The quantitative estimate of drug-likeness (QED) is 0.175. The van der Waals surface area contributed by atoms with Crippen LogP contribution in [0.25, 0.3) is 0 Å². The van der Waals surface area contributed by atoms with Crippen LogP contribution in [0.4, 0.5) is 0 Å². The SMILES string of the molecule is NCCCCCCNC(=O)c1ccc(C(c2cccc(C(=O)O)n2)N2CCOCCOCCN(Cc3cccc(C(=O)O)n3)CCOCCOCC2)cc1. The van der Waals surface area contributed by atoms with Crippen LogP contribution >= 0.6 is 0 Å². The number of nitrogens with one attached hydrogen (secondary N) is 1. The van der Waals surface area contributed by atoms with Gasteiger partial charge in [0.05, 0.1) is 70.3 Å². The van der Waals surface area contributed by atoms with E-state index >= 15 is 0 Å². The van der Waals surface area contributed by atoms with E-state index in [1.165, 1.54) is 12.1 Å². The first-order valence-electron chi connectivity index (χ1n) is 18.6. The third kappa shape index (κ3) is 14.8. The second-order valence-corrected chi connectivity index (χ2v) is 12.8. The van der Waals surface area contributed by atoms with E-state index in [1.54, 1.807) is 36.4 Å². The van der Waals surface area contributed by atoms with E-state index in [-0.39, 0.29) is 17.3 Å². The first-order chi connectivity index (χ1) is 26.4. The smallest absolute Gasteiger partial charge is 0.354 e. The Kier molecular flexibility index (Phi) is 18.9. The lowest BCUT2D eigenvalue weighted by atomic mass is 9.99. The maximum absolute atomic E-state index is 12.9. The monoisotopic (exact) mass is 750 g/mol. The second-order valence-electron chi connectivity index (χ2n) is 12.8. The molecular weight excluding hydrogens is 696 g/mol. The van der Waals surface area contributed by atoms with Crippen molar-refractivity contribution in [1.29, 1.82) is 0 Å². The molecular formula is C39H54N6O9. The lowest BCUT2D eigenvalue weighted by Crippen LogP contribution is -2.36. The first-order valence-corrected chi connectivity index (χ1v) is 18.6. The number of ether oxygens (including phenoxy) is 4. The number of carboxylic acid groups (broad SMARTS) is 2. The third-order valence-electron chi connectivity index (χ3n) is 8.85. The van der Waals surface area contributed by atoms with E-state index in [9.17, 15) is 24.6 Å². The molecule has 294 valence electrons. The number of hydrogen-bond acceptors (Lipinski definition) is 12. The van der Waals surface area contributed by atoms with Crippen molar-refractivity contribution in [1.82, 2.24) is 25.1 Å². The Bertz CT molecular complexity index is 1560. The number of aromatic nitrogens is 2. The van der Waals surface area contributed by atoms with E-state index in [0.717, 1.165) is 31.2 Å². The van der Waals surface area contributed by atoms with Gasteiger partial charge in [-0.15, -0.1) is 0 Å². The molecule has 1 amide bonds. The van der Waals surface area contributed by atoms with Gasteiger partial charge >= 0.3 is 11.9 Å². The minimum absolute atomic E-state index is 0.00360. The summed E-state index contributed by atoms with van der Waals surface area (Å²) in [6, 6.07) is 16.8. The number of hydrogen-bond donors (Lipinski definition) is 4. The van der Waals surface area contributed by atoms with Crippen molar-refractivity contribution in [2.24, 2.45) is 5.73 Å². The van der Waals surface area contributed by atoms with Crippen LogP contribution in [0.1, 0.15) is 80.0 Å². The van der Waals surface area contributed by atoms with Crippen molar-refractivity contribution in [3.05, 3.63) is 94.6 Å². The Morgan fingerprint density at radius 1 is 0.685 bits per heavy atom. The summed E-state index contributed by atoms with van der Waals surface area (Å²) < 4.78 is 23.7. The number of benzene rings is 1. The van der Waals surface area contributed by atoms with Gasteiger partial charge in [-0.1, -0.05) is 37.1 Å². The van der Waals surface area contributed by atoms with Crippen molar-refractivity contribution < 1.29 is 43.5 Å². The molecule has 1 aliphatic heterocycles. The number of aromatic carboxylic acids is 2. The molecule has 15 heteroatoms. The fourth-order valence-corrected chi connectivity index (χ4v) is 5.99. The van der Waals surface area contributed by atoms with Gasteiger partial charge in [0.25, 0.3) is 5.91 Å². The van der Waals surface area contributed by atoms with E-state index in [2.05, 4.69) is 25.1 Å². The minimum Gasteiger partial charge on any atom is -0.477 e. The molecule has 0 spiro atoms. The summed E-state index contributed by atoms with van der Waals surface area (Å²) in [5.41, 5.74) is 8.08. The van der Waals surface area contributed by atoms with Gasteiger partial charge in [0.1, 0.15) is 11.4 Å². The van der Waals surface area contributed by atoms with Crippen molar-refractivity contribution in [2.75, 3.05) is 92.1 Å². The number of nitrogens with two attached hydrogens (primary N) is 1. The van der Waals surface area contributed by atoms with Crippen molar-refractivity contribution in [3.63, 3.8) is 0 Å². The van der Waals surface area contributed by atoms with E-state index in [1.807, 2.05) is 12.1 Å². The van der Waals surface area contributed by atoms with E-state index < -0.39 is 18.0 Å². The summed E-state index contributed by atoms with van der Waals surface area (Å²) >= 11 is 0. The molecule has 1 unspecified atom stereocenters. The van der Waals surface area contributed by atoms with Gasteiger partial charge in [-0.2, -0.15) is 0 Å². The Morgan fingerprint density at radius 2 is 1.24 bits per heavy atom. The first kappa shape index (κ1) is 42.4. The average molecular weight is 751 g/mol. The highest BCUT2D eigenvalue weighted by atomic mass is 16.5. The molecule has 0 saturated carbocycles. The molecule has 1 aromatic carbocycles. The molecule has 0 aliphatic carbocycles.